The summed E-state index contributed by atoms with van der Waals surface area (Å²) in [6.07, 6.45) is 19.7. The van der Waals surface area contributed by atoms with E-state index in [9.17, 15) is 68.1 Å². The molecular weight excluding hydrogens is 1550 g/mol. The minimum Gasteiger partial charge on any atom is -0.550 e. The van der Waals surface area contributed by atoms with Gasteiger partial charge in [0, 0.05) is 75.3 Å². The Balaban J connectivity index is 0.000000643. The number of esters is 2. The van der Waals surface area contributed by atoms with Crippen molar-refractivity contribution in [1.29, 1.82) is 0 Å². The number of alkyl halides is 1. The van der Waals surface area contributed by atoms with Crippen LogP contribution in [0.2, 0.25) is 25.1 Å². The van der Waals surface area contributed by atoms with Gasteiger partial charge in [-0.2, -0.15) is 0 Å². The Bertz CT molecular complexity index is 4010. The second kappa shape index (κ2) is 56.0. The summed E-state index contributed by atoms with van der Waals surface area (Å²) in [6.45, 7) is 5.87. The third-order valence-electron chi connectivity index (χ3n) is 14.7. The molecule has 25 nitrogen and oxygen atoms in total. The number of phenolic OH excluding ortho intramolecular Hbond substituents is 2. The molecule has 3 amide bonds. The first-order valence-electron chi connectivity index (χ1n) is 33.9. The van der Waals surface area contributed by atoms with Crippen LogP contribution in [0.25, 0.3) is 21.9 Å². The molecule has 0 fully saturated rings. The largest absolute Gasteiger partial charge is 1.00 e. The number of halogens is 6. The molecule has 0 aliphatic carbocycles. The molecule has 0 unspecified atom stereocenters. The van der Waals surface area contributed by atoms with E-state index >= 15 is 0 Å². The van der Waals surface area contributed by atoms with Gasteiger partial charge in [-0.3, -0.25) is 43.3 Å². The number of primary amides is 1. The molecule has 0 radical (unpaired) electrons. The molecular formula is C73H90BrCl5N5NaO20. The van der Waals surface area contributed by atoms with Crippen LogP contribution in [-0.2, 0) is 35.2 Å². The number of rotatable bonds is 36. The van der Waals surface area contributed by atoms with E-state index in [4.69, 9.17) is 92.3 Å². The van der Waals surface area contributed by atoms with Crippen LogP contribution in [0.4, 0.5) is 0 Å². The van der Waals surface area contributed by atoms with Crippen LogP contribution >= 0.6 is 73.9 Å². The van der Waals surface area contributed by atoms with Gasteiger partial charge >= 0.3 is 59.0 Å². The van der Waals surface area contributed by atoms with Crippen LogP contribution in [0.3, 0.4) is 0 Å². The third-order valence-corrected chi connectivity index (χ3v) is 16.4. The maximum atomic E-state index is 12.4. The molecule has 0 atom stereocenters. The van der Waals surface area contributed by atoms with Gasteiger partial charge in [-0.1, -0.05) is 151 Å². The number of phenols is 3. The Morgan fingerprint density at radius 2 is 0.876 bits per heavy atom. The molecule has 9 N–H and O–H groups in total. The van der Waals surface area contributed by atoms with Crippen LogP contribution in [0.15, 0.2) is 119 Å². The van der Waals surface area contributed by atoms with Crippen LogP contribution in [0, 0.1) is 0 Å². The number of aromatic amines is 1. The molecule has 570 valence electrons. The zero-order valence-electron chi connectivity index (χ0n) is 59.0. The zero-order valence-corrected chi connectivity index (χ0v) is 66.4. The van der Waals surface area contributed by atoms with E-state index in [1.807, 2.05) is 11.9 Å². The number of carbonyl (C=O) groups is 7. The number of carbonyl (C=O) groups excluding carboxylic acids is 6. The fourth-order valence-electron chi connectivity index (χ4n) is 9.35. The van der Waals surface area contributed by atoms with Gasteiger partial charge in [-0.05, 0) is 163 Å². The maximum Gasteiger partial charge on any atom is 1.00 e. The Hall–Kier alpha value is -7.40. The predicted octanol–water partition coefficient (Wildman–Crippen LogP) is 11.1. The predicted molar refractivity (Wildman–Crippen MR) is 403 cm³/mol. The van der Waals surface area contributed by atoms with Crippen molar-refractivity contribution in [2.24, 2.45) is 5.73 Å². The van der Waals surface area contributed by atoms with Crippen molar-refractivity contribution in [1.82, 2.24) is 20.2 Å². The minimum absolute atomic E-state index is 0. The molecule has 0 bridgehead atoms. The fourth-order valence-corrected chi connectivity index (χ4v) is 10.6. The van der Waals surface area contributed by atoms with Crippen LogP contribution in [0.1, 0.15) is 199 Å². The number of unbranched alkanes of at least 4 members (excludes halogenated alkanes) is 16. The van der Waals surface area contributed by atoms with E-state index in [0.29, 0.717) is 95.5 Å². The van der Waals surface area contributed by atoms with Gasteiger partial charge < -0.3 is 65.0 Å². The number of nitrogens with one attached hydrogen (secondary N) is 3. The van der Waals surface area contributed by atoms with E-state index in [-0.39, 0.29) is 122 Å². The topological polar surface area (TPSA) is 407 Å². The Labute approximate surface area is 663 Å². The second-order valence-electron chi connectivity index (χ2n) is 22.9. The first-order chi connectivity index (χ1) is 49.6. The van der Waals surface area contributed by atoms with Crippen molar-refractivity contribution in [2.45, 2.75) is 174 Å². The van der Waals surface area contributed by atoms with Crippen molar-refractivity contribution in [3.05, 3.63) is 175 Å². The summed E-state index contributed by atoms with van der Waals surface area (Å²) in [5, 5.41) is 56.0. The van der Waals surface area contributed by atoms with E-state index in [0.717, 1.165) is 99.8 Å². The van der Waals surface area contributed by atoms with Crippen molar-refractivity contribution >= 4 is 137 Å². The summed E-state index contributed by atoms with van der Waals surface area (Å²) >= 11 is 32.0. The Kier molecular flexibility index (Phi) is 51.0. The van der Waals surface area contributed by atoms with Gasteiger partial charge in [-0.15, -0.1) is 0 Å². The summed E-state index contributed by atoms with van der Waals surface area (Å²) in [5.41, 5.74) is 4.91. The standard InChI is InChI=1S/C18H22ClNO5.2C15H20ClNO4.C10H19BrO2.C8H4ClNO3.C7H6ClNO2.Na/c1-2-24-16(21)8-6-4-3-5-7-11-20-17(22)14-12-13(19)9-10-15(14)25-18(20)23;2*16-11-7-8-13(18)12(10-11)15(21)17-9-5-3-1-2-4-6-14(19)20;1-2-13-10(12)8-6-4-3-5-7-9-11;9-4-1-2-6-5(3-4)7(11)10-8(12)13-6;8-4-1-2-6(10)5(3-4)7(9)11;/h9-10,12H,2-8,11H2,1H3;2*7-8,10,18H,1-6,9H2,(H,17,21)(H,19,20);2-9H2,1H3;1-3H,(H,10,11,12);1-3,10H,(H2,9,11);/q;;;;;;+1/p-1. The molecule has 2 aromatic heterocycles. The van der Waals surface area contributed by atoms with Crippen molar-refractivity contribution < 1.29 is 107 Å². The van der Waals surface area contributed by atoms with Crippen LogP contribution in [0.5, 0.6) is 17.2 Å². The monoisotopic (exact) mass is 1630 g/mol. The molecule has 0 aliphatic heterocycles. The molecule has 0 aliphatic rings. The number of nitrogens with zero attached hydrogens (tertiary/aromatic N) is 1. The number of benzene rings is 5. The molecule has 32 heteroatoms. The minimum atomic E-state index is -1.01. The molecule has 0 spiro atoms. The Morgan fingerprint density at radius 1 is 0.505 bits per heavy atom. The van der Waals surface area contributed by atoms with Crippen LogP contribution in [-0.4, -0.2) is 103 Å². The number of amides is 3. The molecule has 2 heterocycles. The van der Waals surface area contributed by atoms with Gasteiger partial charge in [-0.25, -0.2) is 14.2 Å². The van der Waals surface area contributed by atoms with Gasteiger partial charge in [0.1, 0.15) is 28.4 Å². The van der Waals surface area contributed by atoms with Gasteiger partial charge in [0.15, 0.2) is 0 Å². The summed E-state index contributed by atoms with van der Waals surface area (Å²) in [7, 11) is 0. The number of fused-ring (bicyclic) bond motifs is 2. The number of aromatic hydroxyl groups is 3. The molecule has 105 heavy (non-hydrogen) atoms. The van der Waals surface area contributed by atoms with Crippen molar-refractivity contribution in [2.75, 3.05) is 31.6 Å². The Morgan fingerprint density at radius 3 is 1.30 bits per heavy atom. The normalized spacial score (nSPS) is 10.3. The van der Waals surface area contributed by atoms with Gasteiger partial charge in [0.05, 0.1) is 40.7 Å². The zero-order chi connectivity index (χ0) is 77.4. The van der Waals surface area contributed by atoms with Gasteiger partial charge in [0.25, 0.3) is 28.8 Å². The molecule has 5 aromatic carbocycles. The van der Waals surface area contributed by atoms with Crippen molar-refractivity contribution in [3.63, 3.8) is 0 Å². The number of hydrogen-bond donors (Lipinski definition) is 8. The second-order valence-corrected chi connectivity index (χ2v) is 25.9. The number of aromatic nitrogens is 2. The van der Waals surface area contributed by atoms with E-state index in [1.165, 1.54) is 98.1 Å². The fraction of sp³-hybridized carbons (Fsp3) is 0.438. The number of carboxylic acid groups (broad SMARTS) is 2. The summed E-state index contributed by atoms with van der Waals surface area (Å²) in [5.74, 6) is -5.14. The number of hydrogen-bond acceptors (Lipinski definition) is 19. The molecule has 0 saturated heterocycles. The third kappa shape index (κ3) is 41.9. The number of aliphatic carboxylic acids is 2. The quantitative estimate of drug-likeness (QED) is 0.00782. The molecule has 7 rings (SSSR count). The number of ether oxygens (including phenoxy) is 2. The first-order valence-corrected chi connectivity index (χ1v) is 36.9. The molecule has 0 saturated carbocycles. The smallest absolute Gasteiger partial charge is 0.550 e. The van der Waals surface area contributed by atoms with E-state index < -0.39 is 34.9 Å². The number of carboxylic acids is 2. The summed E-state index contributed by atoms with van der Waals surface area (Å²) < 4.78 is 20.7. The van der Waals surface area contributed by atoms with Gasteiger partial charge in [0.2, 0.25) is 0 Å². The van der Waals surface area contributed by atoms with Crippen molar-refractivity contribution in [3.8, 4) is 17.2 Å². The average molecular weight is 1640 g/mol. The average Bonchev–Trinajstić information content (AvgIpc) is 0.788. The summed E-state index contributed by atoms with van der Waals surface area (Å²) in [6, 6.07) is 21.9. The van der Waals surface area contributed by atoms with E-state index in [2.05, 4.69) is 26.6 Å². The SMILES string of the molecule is CCOC(=O)CCCCCCCBr.CCOC(=O)CCCCCCCn1c(=O)oc2ccc(Cl)cc2c1=O.NC(=O)c1cc(Cl)ccc1O.O=C(O)CCCCCCCNC(=O)c1cc(Cl)ccc1O.O=C([O-])CCCCCCCNC(=O)c1cc(Cl)ccc1O.O=c1[nH]c(=O)c2cc(Cl)ccc2o1.[Na+]. The number of H-pyrrole nitrogens is 1. The van der Waals surface area contributed by atoms with E-state index in [1.54, 1.807) is 19.1 Å². The van der Waals surface area contributed by atoms with Crippen LogP contribution < -0.4 is 73.7 Å². The maximum absolute atomic E-state index is 12.4. The molecule has 7 aromatic rings. The number of nitrogens with two attached hydrogens (primary N) is 1. The first kappa shape index (κ1) is 95.6. The summed E-state index contributed by atoms with van der Waals surface area (Å²) in [4.78, 5) is 125.